The van der Waals surface area contributed by atoms with Crippen LogP contribution in [0.1, 0.15) is 173 Å². The molecule has 0 radical (unpaired) electrons. The second kappa shape index (κ2) is 36.1. The number of unbranched alkanes of at least 4 members (excludes halogenated alkanes) is 10. The summed E-state index contributed by atoms with van der Waals surface area (Å²) in [7, 11) is -6.73. The number of rotatable bonds is 39. The summed E-state index contributed by atoms with van der Waals surface area (Å²) in [5.74, 6) is 0.325. The SMILES string of the molecule is CC1(C)OCc2cc([C@@H]3CN(CCCCCCOCCCCc4cccc(CCCCS(N)(=O)=O)c4)C(=O)O3)ccc2O1.NS(=O)(=O)CCCCc1cccc(CCCCOCCCCCCNC[C@H](O)c2ccc(O)c(CO)c2)c1. The topological polar surface area (TPSA) is 259 Å². The van der Waals surface area contributed by atoms with Gasteiger partial charge in [0.05, 0.1) is 37.4 Å². The minimum Gasteiger partial charge on any atom is -0.508 e. The lowest BCUT2D eigenvalue weighted by atomic mass is 10.0. The Morgan fingerprint density at radius 2 is 1.19 bits per heavy atom. The number of nitrogens with zero attached hydrogens (tertiary/aromatic N) is 1. The number of amides is 1. The Morgan fingerprint density at radius 1 is 0.667 bits per heavy atom. The summed E-state index contributed by atoms with van der Waals surface area (Å²) in [5, 5.41) is 42.5. The highest BCUT2D eigenvalue weighted by molar-refractivity contribution is 7.89. The smallest absolute Gasteiger partial charge is 0.410 e. The molecule has 81 heavy (non-hydrogen) atoms. The highest BCUT2D eigenvalue weighted by atomic mass is 32.2. The zero-order valence-electron chi connectivity index (χ0n) is 48.2. The van der Waals surface area contributed by atoms with Crippen LogP contribution < -0.4 is 20.3 Å². The molecular weight excluding hydrogens is 1070 g/mol. The molecule has 8 N–H and O–H groups in total. The van der Waals surface area contributed by atoms with E-state index in [2.05, 4.69) is 53.8 Å². The summed E-state index contributed by atoms with van der Waals surface area (Å²) in [6.45, 7) is 9.67. The Hall–Kier alpha value is -4.67. The van der Waals surface area contributed by atoms with Crippen molar-refractivity contribution in [3.63, 3.8) is 0 Å². The molecule has 6 rings (SSSR count). The first-order valence-electron chi connectivity index (χ1n) is 29.4. The highest BCUT2D eigenvalue weighted by Gasteiger charge is 2.34. The lowest BCUT2D eigenvalue weighted by Gasteiger charge is -2.32. The fourth-order valence-corrected chi connectivity index (χ4v) is 11.0. The van der Waals surface area contributed by atoms with Gasteiger partial charge in [-0.15, -0.1) is 0 Å². The number of hydrogen-bond donors (Lipinski definition) is 6. The van der Waals surface area contributed by atoms with Crippen LogP contribution in [0.3, 0.4) is 0 Å². The fourth-order valence-electron chi connectivity index (χ4n) is 9.80. The van der Waals surface area contributed by atoms with Gasteiger partial charge in [0.15, 0.2) is 0 Å². The summed E-state index contributed by atoms with van der Waals surface area (Å²) in [6, 6.07) is 27.8. The maximum absolute atomic E-state index is 12.4. The van der Waals surface area contributed by atoms with Gasteiger partial charge >= 0.3 is 6.09 Å². The van der Waals surface area contributed by atoms with E-state index in [-0.39, 0.29) is 36.1 Å². The maximum atomic E-state index is 12.4. The van der Waals surface area contributed by atoms with E-state index in [4.69, 9.17) is 34.0 Å². The van der Waals surface area contributed by atoms with Crippen LogP contribution in [-0.2, 0) is 77.9 Å². The van der Waals surface area contributed by atoms with Crippen molar-refractivity contribution in [1.82, 2.24) is 10.2 Å². The molecule has 2 aliphatic rings. The van der Waals surface area contributed by atoms with Gasteiger partial charge in [0, 0.05) is 64.5 Å². The summed E-state index contributed by atoms with van der Waals surface area (Å²) >= 11 is 0. The van der Waals surface area contributed by atoms with Crippen molar-refractivity contribution in [2.24, 2.45) is 10.3 Å². The van der Waals surface area contributed by atoms with Gasteiger partial charge in [-0.2, -0.15) is 0 Å². The van der Waals surface area contributed by atoms with Crippen molar-refractivity contribution in [3.05, 3.63) is 129 Å². The third kappa shape index (κ3) is 28.0. The van der Waals surface area contributed by atoms with Crippen molar-refractivity contribution in [2.75, 3.05) is 64.1 Å². The van der Waals surface area contributed by atoms with Crippen LogP contribution >= 0.6 is 0 Å². The largest absolute Gasteiger partial charge is 0.508 e. The van der Waals surface area contributed by atoms with Crippen molar-refractivity contribution in [1.29, 1.82) is 0 Å². The van der Waals surface area contributed by atoms with Gasteiger partial charge in [0.2, 0.25) is 25.8 Å². The van der Waals surface area contributed by atoms with Crippen molar-refractivity contribution < 1.29 is 60.6 Å². The molecule has 2 heterocycles. The van der Waals surface area contributed by atoms with Crippen molar-refractivity contribution in [3.8, 4) is 11.5 Å². The van der Waals surface area contributed by atoms with Gasteiger partial charge in [-0.05, 0) is 167 Å². The number of nitrogens with two attached hydrogens (primary N) is 2. The summed E-state index contributed by atoms with van der Waals surface area (Å²) < 4.78 is 73.0. The van der Waals surface area contributed by atoms with E-state index in [1.807, 2.05) is 32.0 Å². The van der Waals surface area contributed by atoms with Gasteiger partial charge in [-0.3, -0.25) is 0 Å². The van der Waals surface area contributed by atoms with Gasteiger partial charge in [0.1, 0.15) is 17.6 Å². The number of fused-ring (bicyclic) bond motifs is 1. The Kier molecular flexibility index (Phi) is 29.9. The summed E-state index contributed by atoms with van der Waals surface area (Å²) in [6.07, 6.45) is 18.1. The van der Waals surface area contributed by atoms with Gasteiger partial charge in [-0.1, -0.05) is 86.3 Å². The predicted molar refractivity (Wildman–Crippen MR) is 318 cm³/mol. The molecule has 4 aromatic carbocycles. The number of benzene rings is 4. The third-order valence-corrected chi connectivity index (χ3v) is 16.1. The zero-order chi connectivity index (χ0) is 58.4. The fraction of sp³-hybridized carbons (Fsp3) is 0.597. The average molecular weight is 1170 g/mol. The van der Waals surface area contributed by atoms with Crippen LogP contribution in [0, 0.1) is 0 Å². The molecule has 0 saturated carbocycles. The first-order valence-corrected chi connectivity index (χ1v) is 32.8. The second-order valence-electron chi connectivity index (χ2n) is 22.0. The molecule has 17 nitrogen and oxygen atoms in total. The minimum absolute atomic E-state index is 0.0386. The average Bonchev–Trinajstić information content (AvgIpc) is 3.84. The first-order chi connectivity index (χ1) is 38.9. The van der Waals surface area contributed by atoms with Gasteiger partial charge in [0.25, 0.3) is 0 Å². The molecule has 0 spiro atoms. The highest BCUT2D eigenvalue weighted by Crippen LogP contribution is 2.35. The number of cyclic esters (lactones) is 1. The number of carbonyl (C=O) groups excluding carboxylic acids is 1. The lowest BCUT2D eigenvalue weighted by molar-refractivity contribution is -0.180. The number of primary sulfonamides is 2. The second-order valence-corrected chi connectivity index (χ2v) is 25.5. The Bertz CT molecular complexity index is 2690. The number of carbonyl (C=O) groups is 1. The number of aryl methyl sites for hydroxylation is 4. The number of aliphatic hydroxyl groups excluding tert-OH is 2. The van der Waals surface area contributed by atoms with Crippen LogP contribution in [0.5, 0.6) is 11.5 Å². The van der Waals surface area contributed by atoms with E-state index in [0.29, 0.717) is 50.2 Å². The van der Waals surface area contributed by atoms with Crippen LogP contribution in [0.2, 0.25) is 0 Å². The predicted octanol–water partition coefficient (Wildman–Crippen LogP) is 9.75. The standard InChI is InChI=1S/C33H48N2O7S.C29H46N2O6S/c1-33(2)40-25-29-23-28(16-17-30(29)42-33)31-24-35(32(36)41-31)18-7-3-4-8-19-39-20-9-5-12-26-14-11-15-27(22-26)13-6-10-21-43(34,37)38;30-38(35,36)19-8-4-11-25-13-9-12-24(20-25)10-3-7-18-37-17-6-2-1-5-16-31-22-29(34)26-14-15-28(33)27(21-26)23-32/h11,14-17,22-23,31H,3-10,12-13,18-21,24-25H2,1-2H3,(H2,34,37,38);9,12-15,20-21,29,31-34H,1-8,10-11,16-19,22-23H2,(H2,30,35,36)/t31-;29-/m00/s1. The van der Waals surface area contributed by atoms with Crippen molar-refractivity contribution >= 4 is 26.1 Å². The quantitative estimate of drug-likeness (QED) is 0.0227. The number of sulfonamides is 2. The first kappa shape index (κ1) is 67.1. The molecule has 0 bridgehead atoms. The molecule has 4 aromatic rings. The molecule has 1 amide bonds. The van der Waals surface area contributed by atoms with Crippen molar-refractivity contribution in [2.45, 2.75) is 173 Å². The number of phenols is 1. The van der Waals surface area contributed by atoms with Gasteiger partial charge in [-0.25, -0.2) is 31.9 Å². The van der Waals surface area contributed by atoms with Crippen LogP contribution in [-0.4, -0.2) is 113 Å². The van der Waals surface area contributed by atoms with E-state index in [1.165, 1.54) is 28.3 Å². The molecule has 0 unspecified atom stereocenters. The van der Waals surface area contributed by atoms with Crippen LogP contribution in [0.25, 0.3) is 0 Å². The number of hydrogen-bond acceptors (Lipinski definition) is 14. The maximum Gasteiger partial charge on any atom is 0.410 e. The summed E-state index contributed by atoms with van der Waals surface area (Å²) in [4.78, 5) is 14.2. The normalized spacial score (nSPS) is 15.4. The van der Waals surface area contributed by atoms with E-state index >= 15 is 0 Å². The molecule has 19 heteroatoms. The molecule has 2 aliphatic heterocycles. The van der Waals surface area contributed by atoms with E-state index in [1.54, 1.807) is 17.0 Å². The number of aliphatic hydroxyl groups is 2. The molecule has 452 valence electrons. The Morgan fingerprint density at radius 3 is 1.73 bits per heavy atom. The molecule has 1 saturated heterocycles. The monoisotopic (exact) mass is 1170 g/mol. The molecular formula is C62H94N4O13S2. The van der Waals surface area contributed by atoms with E-state index < -0.39 is 31.9 Å². The summed E-state index contributed by atoms with van der Waals surface area (Å²) in [5.41, 5.74) is 8.17. The molecule has 1 fully saturated rings. The van der Waals surface area contributed by atoms with Crippen LogP contribution in [0.4, 0.5) is 4.79 Å². The number of nitrogens with one attached hydrogen (secondary N) is 1. The number of ether oxygens (including phenoxy) is 5. The van der Waals surface area contributed by atoms with E-state index in [9.17, 15) is 36.9 Å². The third-order valence-electron chi connectivity index (χ3n) is 14.4. The minimum atomic E-state index is -3.37. The van der Waals surface area contributed by atoms with Crippen LogP contribution in [0.15, 0.2) is 84.9 Å². The molecule has 0 aromatic heterocycles. The Balaban J connectivity index is 0.000000300. The zero-order valence-corrected chi connectivity index (χ0v) is 49.8. The molecule has 2 atom stereocenters. The van der Waals surface area contributed by atoms with E-state index in [0.717, 1.165) is 165 Å². The number of aromatic hydroxyl groups is 1. The Labute approximate surface area is 483 Å². The molecule has 0 aliphatic carbocycles. The van der Waals surface area contributed by atoms with Gasteiger partial charge < -0.3 is 49.2 Å². The lowest BCUT2D eigenvalue weighted by Crippen LogP contribution is -2.35.